The van der Waals surface area contributed by atoms with E-state index in [2.05, 4.69) is 0 Å². The lowest BCUT2D eigenvalue weighted by Gasteiger charge is -2.43. The molecule has 1 aliphatic rings. The maximum atomic E-state index is 12.7. The van der Waals surface area contributed by atoms with Crippen LogP contribution >= 0.6 is 7.37 Å². The largest absolute Gasteiger partial charge is 0.490 e. The van der Waals surface area contributed by atoms with Crippen molar-refractivity contribution in [1.82, 2.24) is 4.90 Å². The van der Waals surface area contributed by atoms with Crippen LogP contribution in [-0.2, 0) is 20.7 Å². The minimum atomic E-state index is -5.08. The molecule has 1 aromatic rings. The number of halogens is 3. The van der Waals surface area contributed by atoms with Gasteiger partial charge in [0.25, 0.3) is 0 Å². The smallest absolute Gasteiger partial charge is 0.480 e. The van der Waals surface area contributed by atoms with E-state index in [1.165, 1.54) is 0 Å². The first-order valence-corrected chi connectivity index (χ1v) is 11.5. The van der Waals surface area contributed by atoms with Crippen molar-refractivity contribution in [3.05, 3.63) is 35.9 Å². The fourth-order valence-electron chi connectivity index (χ4n) is 3.34. The standard InChI is InChI=1S/C17H27N2O4P.C2HF3O2/c18-10-6-2-5-9-17(16(20)21)14-19(11-12-24(17,22)23)13-15-7-3-1-4-8-15;3-2(4,5)1(6)7/h1,3-4,7-8H,2,5-6,9-14,18H2,(H,20,21)(H,22,23);(H,6,7). The second kappa shape index (κ2) is 11.6. The van der Waals surface area contributed by atoms with Crippen LogP contribution in [0.1, 0.15) is 31.2 Å². The molecule has 1 saturated heterocycles. The highest BCUT2D eigenvalue weighted by molar-refractivity contribution is 7.61. The van der Waals surface area contributed by atoms with Gasteiger partial charge in [0.15, 0.2) is 5.16 Å². The first kappa shape index (κ1) is 27.1. The molecule has 1 fully saturated rings. The monoisotopic (exact) mass is 468 g/mol. The highest BCUT2D eigenvalue weighted by Crippen LogP contribution is 2.59. The van der Waals surface area contributed by atoms with Crippen molar-refractivity contribution in [1.29, 1.82) is 0 Å². The summed E-state index contributed by atoms with van der Waals surface area (Å²) in [5.41, 5.74) is 6.55. The van der Waals surface area contributed by atoms with Gasteiger partial charge < -0.3 is 20.8 Å². The predicted molar refractivity (Wildman–Crippen MR) is 108 cm³/mol. The first-order valence-electron chi connectivity index (χ1n) is 9.67. The van der Waals surface area contributed by atoms with Gasteiger partial charge in [0.05, 0.1) is 0 Å². The van der Waals surface area contributed by atoms with Crippen molar-refractivity contribution in [3.8, 4) is 0 Å². The van der Waals surface area contributed by atoms with Crippen molar-refractivity contribution in [2.75, 3.05) is 25.8 Å². The zero-order chi connectivity index (χ0) is 23.7. The van der Waals surface area contributed by atoms with E-state index in [9.17, 15) is 32.5 Å². The molecule has 0 aliphatic carbocycles. The number of nitrogens with two attached hydrogens (primary N) is 1. The highest BCUT2D eigenvalue weighted by atomic mass is 31.2. The Morgan fingerprint density at radius 3 is 2.19 bits per heavy atom. The summed E-state index contributed by atoms with van der Waals surface area (Å²) in [4.78, 5) is 33.3. The number of carboxylic acid groups (broad SMARTS) is 2. The minimum absolute atomic E-state index is 0.0308. The lowest BCUT2D eigenvalue weighted by atomic mass is 9.98. The van der Waals surface area contributed by atoms with Crippen LogP contribution in [0, 0.1) is 0 Å². The van der Waals surface area contributed by atoms with Crippen molar-refractivity contribution in [3.63, 3.8) is 0 Å². The molecule has 8 nitrogen and oxygen atoms in total. The van der Waals surface area contributed by atoms with E-state index in [-0.39, 0.29) is 19.1 Å². The molecule has 0 bridgehead atoms. The third-order valence-corrected chi connectivity index (χ3v) is 7.76. The summed E-state index contributed by atoms with van der Waals surface area (Å²) in [5, 5.41) is 15.3. The number of nitrogens with zero attached hydrogens (tertiary/aromatic N) is 1. The van der Waals surface area contributed by atoms with Crippen LogP contribution in [-0.4, -0.2) is 69.1 Å². The second-order valence-corrected chi connectivity index (χ2v) is 10.1. The summed E-state index contributed by atoms with van der Waals surface area (Å²) in [7, 11) is -3.75. The van der Waals surface area contributed by atoms with Crippen molar-refractivity contribution >= 4 is 19.3 Å². The van der Waals surface area contributed by atoms with E-state index in [0.717, 1.165) is 18.4 Å². The molecular weight excluding hydrogens is 440 g/mol. The Bertz CT molecular complexity index is 778. The third-order valence-electron chi connectivity index (χ3n) is 5.06. The van der Waals surface area contributed by atoms with Crippen LogP contribution in [0.15, 0.2) is 30.3 Å². The fraction of sp³-hybridized carbons (Fsp3) is 0.579. The maximum Gasteiger partial charge on any atom is 0.490 e. The average molecular weight is 468 g/mol. The number of benzene rings is 1. The Balaban J connectivity index is 0.000000592. The Labute approximate surface area is 178 Å². The van der Waals surface area contributed by atoms with Crippen molar-refractivity contribution < 1.29 is 42.4 Å². The van der Waals surface area contributed by atoms with Crippen LogP contribution in [0.3, 0.4) is 0 Å². The van der Waals surface area contributed by atoms with Gasteiger partial charge in [0.1, 0.15) is 0 Å². The van der Waals surface area contributed by atoms with Crippen LogP contribution in [0.4, 0.5) is 13.2 Å². The summed E-state index contributed by atoms with van der Waals surface area (Å²) in [6.45, 7) is 1.71. The first-order chi connectivity index (χ1) is 14.4. The van der Waals surface area contributed by atoms with E-state index >= 15 is 0 Å². The number of aliphatic carboxylic acids is 2. The summed E-state index contributed by atoms with van der Waals surface area (Å²) < 4.78 is 44.4. The van der Waals surface area contributed by atoms with Gasteiger partial charge in [-0.1, -0.05) is 43.2 Å². The molecule has 2 unspecified atom stereocenters. The molecule has 0 aromatic heterocycles. The molecule has 176 valence electrons. The third kappa shape index (κ3) is 7.92. The molecule has 0 radical (unpaired) electrons. The highest BCUT2D eigenvalue weighted by Gasteiger charge is 2.56. The number of rotatable bonds is 8. The fourth-order valence-corrected chi connectivity index (χ4v) is 5.55. The minimum Gasteiger partial charge on any atom is -0.480 e. The lowest BCUT2D eigenvalue weighted by Crippen LogP contribution is -2.53. The van der Waals surface area contributed by atoms with E-state index in [4.69, 9.17) is 15.6 Å². The molecule has 5 N–H and O–H groups in total. The van der Waals surface area contributed by atoms with E-state index in [1.807, 2.05) is 35.2 Å². The normalized spacial score (nSPS) is 24.2. The lowest BCUT2D eigenvalue weighted by molar-refractivity contribution is -0.192. The molecule has 1 aromatic carbocycles. The Hall–Kier alpha value is -1.94. The molecule has 0 spiro atoms. The number of unbranched alkanes of at least 4 members (excludes halogenated alkanes) is 2. The van der Waals surface area contributed by atoms with Crippen molar-refractivity contribution in [2.24, 2.45) is 5.73 Å². The van der Waals surface area contributed by atoms with Crippen LogP contribution in [0.5, 0.6) is 0 Å². The van der Waals surface area contributed by atoms with Crippen molar-refractivity contribution in [2.45, 2.75) is 43.6 Å². The summed E-state index contributed by atoms with van der Waals surface area (Å²) in [6, 6.07) is 9.77. The van der Waals surface area contributed by atoms with E-state index < -0.39 is 30.6 Å². The van der Waals surface area contributed by atoms with Crippen LogP contribution < -0.4 is 5.73 Å². The molecule has 0 saturated carbocycles. The summed E-state index contributed by atoms with van der Waals surface area (Å²) in [5.74, 6) is -3.91. The second-order valence-electron chi connectivity index (χ2n) is 7.36. The molecule has 2 rings (SSSR count). The predicted octanol–water partition coefficient (Wildman–Crippen LogP) is 2.75. The van der Waals surface area contributed by atoms with Gasteiger partial charge in [-0.15, -0.1) is 0 Å². The molecule has 2 atom stereocenters. The van der Waals surface area contributed by atoms with Gasteiger partial charge >= 0.3 is 18.1 Å². The van der Waals surface area contributed by atoms with Crippen LogP contribution in [0.25, 0.3) is 0 Å². The molecule has 1 heterocycles. The summed E-state index contributed by atoms with van der Waals surface area (Å²) >= 11 is 0. The van der Waals surface area contributed by atoms with Gasteiger partial charge in [0, 0.05) is 25.8 Å². The Morgan fingerprint density at radius 2 is 1.71 bits per heavy atom. The van der Waals surface area contributed by atoms with Gasteiger partial charge in [-0.05, 0) is 24.9 Å². The van der Waals surface area contributed by atoms with Gasteiger partial charge in [-0.3, -0.25) is 14.3 Å². The van der Waals surface area contributed by atoms with E-state index in [0.29, 0.717) is 26.1 Å². The topological polar surface area (TPSA) is 141 Å². The van der Waals surface area contributed by atoms with Gasteiger partial charge in [-0.2, -0.15) is 13.2 Å². The van der Waals surface area contributed by atoms with Crippen LogP contribution in [0.2, 0.25) is 0 Å². The maximum absolute atomic E-state index is 12.7. The molecule has 31 heavy (non-hydrogen) atoms. The Morgan fingerprint density at radius 1 is 1.13 bits per heavy atom. The van der Waals surface area contributed by atoms with Gasteiger partial charge in [-0.25, -0.2) is 4.79 Å². The average Bonchev–Trinajstić information content (AvgIpc) is 2.68. The molecular formula is C19H28F3N2O6P. The number of hydrogen-bond donors (Lipinski definition) is 4. The number of carbonyl (C=O) groups is 2. The summed E-state index contributed by atoms with van der Waals surface area (Å²) in [6.07, 6.45) is -2.64. The SMILES string of the molecule is NCCCCCC1(C(=O)O)CN(Cc2ccccc2)CCP1(=O)O.O=C(O)C(F)(F)F. The quantitative estimate of drug-likeness (QED) is 0.337. The Kier molecular flexibility index (Phi) is 10.2. The number of hydrogen-bond acceptors (Lipinski definition) is 5. The van der Waals surface area contributed by atoms with Gasteiger partial charge in [0.2, 0.25) is 7.37 Å². The molecule has 0 amide bonds. The number of alkyl halides is 3. The molecule has 1 aliphatic heterocycles. The zero-order valence-electron chi connectivity index (χ0n) is 16.9. The number of carboxylic acids is 2. The zero-order valence-corrected chi connectivity index (χ0v) is 17.8. The van der Waals surface area contributed by atoms with E-state index in [1.54, 1.807) is 0 Å². The molecule has 12 heteroatoms.